The first-order chi connectivity index (χ1) is 8.08. The summed E-state index contributed by atoms with van der Waals surface area (Å²) in [5.74, 6) is 0.323. The van der Waals surface area contributed by atoms with Crippen LogP contribution in [0.25, 0.3) is 0 Å². The van der Waals surface area contributed by atoms with E-state index in [1.165, 1.54) is 0 Å². The van der Waals surface area contributed by atoms with Gasteiger partial charge >= 0.3 is 0 Å². The fraction of sp³-hybridized carbons (Fsp3) is 0.300. The van der Waals surface area contributed by atoms with Crippen LogP contribution in [0.15, 0.2) is 36.5 Å². The summed E-state index contributed by atoms with van der Waals surface area (Å²) in [6, 6.07) is 3.70. The largest absolute Gasteiger partial charge is 0.362 e. The van der Waals surface area contributed by atoms with Gasteiger partial charge in [-0.15, -0.1) is 0 Å². The van der Waals surface area contributed by atoms with Crippen molar-refractivity contribution in [3.05, 3.63) is 52.2 Å². The van der Waals surface area contributed by atoms with Crippen molar-refractivity contribution in [2.45, 2.75) is 6.54 Å². The molecule has 17 heavy (non-hydrogen) atoms. The first kappa shape index (κ1) is 12.9. The van der Waals surface area contributed by atoms with Crippen molar-refractivity contribution in [1.29, 1.82) is 0 Å². The average Bonchev–Trinajstić information content (AvgIpc) is 2.26. The molecule has 0 saturated heterocycles. The molecule has 0 aliphatic rings. The first-order valence-corrected chi connectivity index (χ1v) is 5.00. The summed E-state index contributed by atoms with van der Waals surface area (Å²) in [6.45, 7) is 0.467. The summed E-state index contributed by atoms with van der Waals surface area (Å²) >= 11 is 0. The molecule has 1 aromatic heterocycles. The fourth-order valence-electron chi connectivity index (χ4n) is 1.16. The summed E-state index contributed by atoms with van der Waals surface area (Å²) in [4.78, 5) is 13.9. The van der Waals surface area contributed by atoms with Crippen LogP contribution in [0, 0.1) is 10.1 Å². The summed E-state index contributed by atoms with van der Waals surface area (Å²) in [5, 5.41) is 15.0. The Morgan fingerprint density at radius 2 is 2.41 bits per heavy atom. The van der Waals surface area contributed by atoms with Crippen LogP contribution >= 0.6 is 0 Å². The molecule has 0 unspecified atom stereocenters. The molecule has 7 heteroatoms. The third-order valence-corrected chi connectivity index (χ3v) is 1.78. The maximum atomic E-state index is 10.4. The smallest absolute Gasteiger partial charge is 0.275 e. The maximum absolute atomic E-state index is 10.4. The van der Waals surface area contributed by atoms with Crippen LogP contribution in [0.1, 0.15) is 5.56 Å². The van der Waals surface area contributed by atoms with E-state index in [1.54, 1.807) is 31.5 Å². The Hall–Kier alpha value is -2.15. The van der Waals surface area contributed by atoms with Crippen molar-refractivity contribution in [2.24, 2.45) is 0 Å². The molecule has 7 nitrogen and oxygen atoms in total. The summed E-state index contributed by atoms with van der Waals surface area (Å²) in [5.41, 5.74) is 3.75. The predicted octanol–water partition coefficient (Wildman–Crippen LogP) is 0.313. The number of hydrogen-bond donors (Lipinski definition) is 2. The second-order valence-corrected chi connectivity index (χ2v) is 3.55. The zero-order chi connectivity index (χ0) is 12.7. The molecule has 0 atom stereocenters. The standard InChI is InChI=1S/C10H15N5O2/c1-14(2)13-10(8-15(16)17)12-7-9-4-3-5-11-6-9/h3-6,8,12-13H,7H2,1-2H3. The molecule has 0 aliphatic carbocycles. The molecule has 1 rings (SSSR count). The Bertz CT molecular complexity index is 391. The lowest BCUT2D eigenvalue weighted by Crippen LogP contribution is -2.36. The number of nitrogens with one attached hydrogen (secondary N) is 2. The van der Waals surface area contributed by atoms with Crippen molar-refractivity contribution in [1.82, 2.24) is 20.7 Å². The second-order valence-electron chi connectivity index (χ2n) is 3.55. The fourth-order valence-corrected chi connectivity index (χ4v) is 1.16. The van der Waals surface area contributed by atoms with E-state index >= 15 is 0 Å². The van der Waals surface area contributed by atoms with E-state index in [9.17, 15) is 10.1 Å². The van der Waals surface area contributed by atoms with Crippen molar-refractivity contribution in [2.75, 3.05) is 14.1 Å². The highest BCUT2D eigenvalue weighted by atomic mass is 16.6. The summed E-state index contributed by atoms with van der Waals surface area (Å²) in [6.07, 6.45) is 4.26. The number of hydrazine groups is 1. The predicted molar refractivity (Wildman–Crippen MR) is 63.0 cm³/mol. The number of pyridine rings is 1. The van der Waals surface area contributed by atoms with Crippen molar-refractivity contribution >= 4 is 0 Å². The van der Waals surface area contributed by atoms with E-state index in [0.717, 1.165) is 11.8 Å². The minimum absolute atomic E-state index is 0.323. The lowest BCUT2D eigenvalue weighted by Gasteiger charge is -2.16. The quantitative estimate of drug-likeness (QED) is 0.547. The Morgan fingerprint density at radius 3 is 2.94 bits per heavy atom. The van der Waals surface area contributed by atoms with Gasteiger partial charge in [-0.3, -0.25) is 15.1 Å². The van der Waals surface area contributed by atoms with Crippen LogP contribution in [0.2, 0.25) is 0 Å². The van der Waals surface area contributed by atoms with Gasteiger partial charge in [0.25, 0.3) is 6.20 Å². The minimum atomic E-state index is -0.512. The summed E-state index contributed by atoms with van der Waals surface area (Å²) in [7, 11) is 3.50. The molecule has 0 bridgehead atoms. The Kier molecular flexibility index (Phi) is 4.89. The molecule has 0 amide bonds. The third-order valence-electron chi connectivity index (χ3n) is 1.78. The van der Waals surface area contributed by atoms with Crippen LogP contribution in [-0.4, -0.2) is 29.0 Å². The molecule has 2 N–H and O–H groups in total. The van der Waals surface area contributed by atoms with E-state index in [2.05, 4.69) is 15.7 Å². The normalized spacial score (nSPS) is 11.4. The van der Waals surface area contributed by atoms with Crippen molar-refractivity contribution in [3.8, 4) is 0 Å². The van der Waals surface area contributed by atoms with Crippen molar-refractivity contribution < 1.29 is 4.92 Å². The number of nitrogens with zero attached hydrogens (tertiary/aromatic N) is 3. The van der Waals surface area contributed by atoms with Gasteiger partial charge in [0.1, 0.15) is 0 Å². The highest BCUT2D eigenvalue weighted by Gasteiger charge is 2.03. The number of aromatic nitrogens is 1. The topological polar surface area (TPSA) is 83.3 Å². The number of nitro groups is 1. The van der Waals surface area contributed by atoms with Crippen LogP contribution in [0.3, 0.4) is 0 Å². The van der Waals surface area contributed by atoms with E-state index < -0.39 is 4.92 Å². The zero-order valence-electron chi connectivity index (χ0n) is 9.75. The van der Waals surface area contributed by atoms with Crippen LogP contribution in [0.5, 0.6) is 0 Å². The second kappa shape index (κ2) is 6.44. The van der Waals surface area contributed by atoms with Gasteiger partial charge in [-0.05, 0) is 11.6 Å². The highest BCUT2D eigenvalue weighted by Crippen LogP contribution is 1.96. The molecular formula is C10H15N5O2. The van der Waals surface area contributed by atoms with Gasteiger partial charge in [0, 0.05) is 33.0 Å². The third kappa shape index (κ3) is 5.47. The van der Waals surface area contributed by atoms with E-state index in [4.69, 9.17) is 0 Å². The molecule has 0 aliphatic heterocycles. The van der Waals surface area contributed by atoms with E-state index in [1.807, 2.05) is 12.1 Å². The Balaban J connectivity index is 2.58. The molecule has 0 aromatic carbocycles. The average molecular weight is 237 g/mol. The molecule has 1 heterocycles. The van der Waals surface area contributed by atoms with Gasteiger partial charge in [-0.2, -0.15) is 0 Å². The molecule has 0 saturated carbocycles. The Morgan fingerprint density at radius 1 is 1.65 bits per heavy atom. The number of hydrogen-bond acceptors (Lipinski definition) is 6. The van der Waals surface area contributed by atoms with Gasteiger partial charge < -0.3 is 10.7 Å². The van der Waals surface area contributed by atoms with Gasteiger partial charge in [0.05, 0.1) is 4.92 Å². The SMILES string of the molecule is CN(C)NC(=C[N+](=O)[O-])NCc1cccnc1. The van der Waals surface area contributed by atoms with Gasteiger partial charge in [-0.25, -0.2) is 5.01 Å². The van der Waals surface area contributed by atoms with Crippen LogP contribution in [-0.2, 0) is 6.54 Å². The molecule has 1 aromatic rings. The molecule has 0 fully saturated rings. The summed E-state index contributed by atoms with van der Waals surface area (Å²) < 4.78 is 0. The van der Waals surface area contributed by atoms with Gasteiger partial charge in [-0.1, -0.05) is 6.07 Å². The van der Waals surface area contributed by atoms with Gasteiger partial charge in [0.15, 0.2) is 5.82 Å². The van der Waals surface area contributed by atoms with E-state index in [0.29, 0.717) is 12.4 Å². The monoisotopic (exact) mass is 237 g/mol. The molecular weight excluding hydrogens is 222 g/mol. The zero-order valence-corrected chi connectivity index (χ0v) is 9.75. The van der Waals surface area contributed by atoms with Crippen molar-refractivity contribution in [3.63, 3.8) is 0 Å². The van der Waals surface area contributed by atoms with Crippen LogP contribution < -0.4 is 10.7 Å². The number of rotatable bonds is 6. The minimum Gasteiger partial charge on any atom is -0.362 e. The van der Waals surface area contributed by atoms with Crippen LogP contribution in [0.4, 0.5) is 0 Å². The molecule has 92 valence electrons. The Labute approximate surface area is 99.3 Å². The maximum Gasteiger partial charge on any atom is 0.275 e. The van der Waals surface area contributed by atoms with E-state index in [-0.39, 0.29) is 0 Å². The highest BCUT2D eigenvalue weighted by molar-refractivity contribution is 5.09. The lowest BCUT2D eigenvalue weighted by molar-refractivity contribution is -0.404. The first-order valence-electron chi connectivity index (χ1n) is 5.00. The van der Waals surface area contributed by atoms with Gasteiger partial charge in [0.2, 0.25) is 0 Å². The molecule has 0 radical (unpaired) electrons. The molecule has 0 spiro atoms. The lowest BCUT2D eigenvalue weighted by atomic mass is 10.3.